The van der Waals surface area contributed by atoms with E-state index in [1.54, 1.807) is 81.4 Å². The van der Waals surface area contributed by atoms with E-state index in [0.717, 1.165) is 10.2 Å². The Bertz CT molecular complexity index is 2140. The maximum atomic E-state index is 12.1. The van der Waals surface area contributed by atoms with E-state index >= 15 is 0 Å². The average Bonchev–Trinajstić information content (AvgIpc) is 3.02. The van der Waals surface area contributed by atoms with Crippen LogP contribution in [0.5, 0.6) is 0 Å². The molecule has 11 nitrogen and oxygen atoms in total. The minimum atomic E-state index is -0.587. The van der Waals surface area contributed by atoms with E-state index in [2.05, 4.69) is 15.0 Å². The van der Waals surface area contributed by atoms with Gasteiger partial charge < -0.3 is 13.6 Å². The summed E-state index contributed by atoms with van der Waals surface area (Å²) in [5, 5.41) is 8.59. The molecule has 6 aromatic rings. The van der Waals surface area contributed by atoms with E-state index in [9.17, 15) is 14.4 Å². The van der Waals surface area contributed by atoms with Gasteiger partial charge in [-0.2, -0.15) is 9.59 Å². The summed E-state index contributed by atoms with van der Waals surface area (Å²) in [7, 11) is 0. The summed E-state index contributed by atoms with van der Waals surface area (Å²) in [6, 6.07) is 24.4. The van der Waals surface area contributed by atoms with Crippen molar-refractivity contribution >= 4 is 33.9 Å². The van der Waals surface area contributed by atoms with Crippen molar-refractivity contribution in [2.24, 2.45) is 0 Å². The number of aryl methyl sites for hydroxylation is 2. The second-order valence-electron chi connectivity index (χ2n) is 9.32. The Morgan fingerprint density at radius 3 is 1.77 bits per heavy atom. The Morgan fingerprint density at radius 2 is 1.28 bits per heavy atom. The lowest BCUT2D eigenvalue weighted by Crippen LogP contribution is -2.50. The van der Waals surface area contributed by atoms with Crippen molar-refractivity contribution < 1.29 is 27.7 Å². The van der Waals surface area contributed by atoms with Crippen molar-refractivity contribution in [2.45, 2.75) is 20.8 Å². The molecule has 0 atom stereocenters. The number of benzene rings is 4. The first-order chi connectivity index (χ1) is 20.8. The summed E-state index contributed by atoms with van der Waals surface area (Å²) in [5.41, 5.74) is 5.08. The van der Waals surface area contributed by atoms with Crippen LogP contribution in [0.3, 0.4) is 0 Å². The van der Waals surface area contributed by atoms with Gasteiger partial charge in [-0.3, -0.25) is 0 Å². The first-order valence-corrected chi connectivity index (χ1v) is 13.2. The molecule has 11 heteroatoms. The van der Waals surface area contributed by atoms with Crippen LogP contribution >= 0.6 is 0 Å². The lowest BCUT2D eigenvalue weighted by molar-refractivity contribution is -0.683. The third kappa shape index (κ3) is 6.03. The molecule has 2 heterocycles. The van der Waals surface area contributed by atoms with Crippen LogP contribution in [0.4, 0.5) is 5.69 Å². The zero-order valence-corrected chi connectivity index (χ0v) is 23.5. The molecule has 6 rings (SSSR count). The van der Waals surface area contributed by atoms with Gasteiger partial charge >= 0.3 is 17.5 Å². The molecule has 0 N–H and O–H groups in total. The molecule has 0 bridgehead atoms. The van der Waals surface area contributed by atoms with Gasteiger partial charge in [-0.1, -0.05) is 36.4 Å². The second-order valence-corrected chi connectivity index (χ2v) is 9.32. The number of carbonyl (C=O) groups excluding carboxylic acids is 1. The number of nitrogens with zero attached hydrogens (tertiary/aromatic N) is 5. The average molecular weight is 576 g/mol. The first-order valence-electron chi connectivity index (χ1n) is 13.2. The summed E-state index contributed by atoms with van der Waals surface area (Å²) < 4.78 is 18.0. The van der Waals surface area contributed by atoms with E-state index in [1.807, 2.05) is 24.3 Å². The van der Waals surface area contributed by atoms with Gasteiger partial charge in [0.15, 0.2) is 27.9 Å². The number of para-hydroxylation sites is 2. The van der Waals surface area contributed by atoms with E-state index in [-0.39, 0.29) is 6.61 Å². The first kappa shape index (κ1) is 28.5. The minimum absolute atomic E-state index is 0.289. The number of carbonyl (C=O) groups is 1. The standard InChI is InChI=1S/C17H15N2O4.C15H10N3O2/c1-3-22-16(20)12-9-11(2)15-14(10-12)18-19(17(21)23-15)13-7-5-4-6-8-13;1-10-8-11(16-2)9-13-14(10)20-15(19)18(17-13)12-6-4-3-5-7-12/h4-10H,3H2,1-2H3;3-9H,1H3/q2*+1. The van der Waals surface area contributed by atoms with Gasteiger partial charge in [-0.15, -0.1) is 0 Å². The van der Waals surface area contributed by atoms with Crippen molar-refractivity contribution in [3.63, 3.8) is 0 Å². The van der Waals surface area contributed by atoms with Crippen molar-refractivity contribution in [3.8, 4) is 11.4 Å². The lowest BCUT2D eigenvalue weighted by Gasteiger charge is -2.04. The lowest BCUT2D eigenvalue weighted by atomic mass is 10.1. The summed E-state index contributed by atoms with van der Waals surface area (Å²) >= 11 is 0. The molecule has 212 valence electrons. The number of fused-ring (bicyclic) bond motifs is 2. The fourth-order valence-electron chi connectivity index (χ4n) is 4.33. The number of hydrogen-bond acceptors (Lipinski definition) is 8. The minimum Gasteiger partial charge on any atom is -0.462 e. The van der Waals surface area contributed by atoms with Gasteiger partial charge in [-0.25, -0.2) is 9.64 Å². The Labute approximate surface area is 244 Å². The zero-order valence-electron chi connectivity index (χ0n) is 23.5. The highest BCUT2D eigenvalue weighted by Crippen LogP contribution is 2.22. The zero-order chi connectivity index (χ0) is 30.5. The number of ether oxygens (including phenoxy) is 1. The van der Waals surface area contributed by atoms with Gasteiger partial charge in [0.25, 0.3) is 0 Å². The van der Waals surface area contributed by atoms with E-state index in [0.29, 0.717) is 50.4 Å². The highest BCUT2D eigenvalue weighted by Gasteiger charge is 2.21. The molecule has 0 saturated heterocycles. The van der Waals surface area contributed by atoms with Crippen molar-refractivity contribution in [2.75, 3.05) is 6.61 Å². The van der Waals surface area contributed by atoms with E-state index in [4.69, 9.17) is 20.1 Å². The summed E-state index contributed by atoms with van der Waals surface area (Å²) in [5.74, 6) is -1.57. The molecule has 0 amide bonds. The number of rotatable bonds is 4. The second kappa shape index (κ2) is 12.2. The molecule has 0 aliphatic carbocycles. The molecule has 43 heavy (non-hydrogen) atoms. The molecule has 0 radical (unpaired) electrons. The van der Waals surface area contributed by atoms with Crippen molar-refractivity contribution in [1.29, 1.82) is 0 Å². The molecule has 0 fully saturated rings. The Balaban J connectivity index is 0.000000173. The molecule has 0 unspecified atom stereocenters. The normalized spacial score (nSPS) is 10.6. The van der Waals surface area contributed by atoms with Gasteiger partial charge in [0.05, 0.1) is 18.7 Å². The van der Waals surface area contributed by atoms with E-state index in [1.165, 1.54) is 4.68 Å². The van der Waals surface area contributed by atoms with Gasteiger partial charge in [-0.05, 0) is 56.2 Å². The molecule has 0 aliphatic rings. The highest BCUT2D eigenvalue weighted by atomic mass is 16.5. The molecule has 4 aromatic carbocycles. The van der Waals surface area contributed by atoms with Crippen LogP contribution in [0, 0.1) is 20.4 Å². The molecule has 0 aliphatic heterocycles. The molecular weight excluding hydrogens is 550 g/mol. The number of aromatic nitrogens is 4. The van der Waals surface area contributed by atoms with Crippen LogP contribution in [0.2, 0.25) is 0 Å². The molecule has 0 spiro atoms. The van der Waals surface area contributed by atoms with Crippen LogP contribution in [0.15, 0.2) is 103 Å². The van der Waals surface area contributed by atoms with Gasteiger partial charge in [0, 0.05) is 43.8 Å². The van der Waals surface area contributed by atoms with Gasteiger partial charge in [0.2, 0.25) is 11.4 Å². The van der Waals surface area contributed by atoms with Gasteiger partial charge in [0.1, 0.15) is 0 Å². The quantitative estimate of drug-likeness (QED) is 0.173. The molecular formula is C32H25N5O6+2. The van der Waals surface area contributed by atoms with Crippen LogP contribution in [-0.2, 0) is 4.74 Å². The fraction of sp³-hybridized carbons (Fsp3) is 0.125. The number of esters is 1. The smallest absolute Gasteiger partial charge is 0.462 e. The van der Waals surface area contributed by atoms with E-state index < -0.39 is 17.5 Å². The predicted molar refractivity (Wildman–Crippen MR) is 155 cm³/mol. The fourth-order valence-corrected chi connectivity index (χ4v) is 4.33. The summed E-state index contributed by atoms with van der Waals surface area (Å²) in [4.78, 5) is 39.5. The Hall–Kier alpha value is -6.02. The third-order valence-electron chi connectivity index (χ3n) is 6.28. The third-order valence-corrected chi connectivity index (χ3v) is 6.28. The largest absolute Gasteiger partial charge is 0.634 e. The van der Waals surface area contributed by atoms with Crippen LogP contribution < -0.4 is 20.9 Å². The Morgan fingerprint density at radius 1 is 0.791 bits per heavy atom. The maximum absolute atomic E-state index is 12.1. The van der Waals surface area contributed by atoms with Crippen LogP contribution in [0.25, 0.3) is 38.4 Å². The van der Waals surface area contributed by atoms with Crippen molar-refractivity contribution in [3.05, 3.63) is 134 Å². The van der Waals surface area contributed by atoms with Crippen LogP contribution in [0.1, 0.15) is 28.4 Å². The molecule has 2 aromatic heterocycles. The Kier molecular flexibility index (Phi) is 8.11. The summed E-state index contributed by atoms with van der Waals surface area (Å²) in [6.45, 7) is 12.6. The van der Waals surface area contributed by atoms with Crippen LogP contribution in [-0.4, -0.2) is 22.8 Å². The highest BCUT2D eigenvalue weighted by molar-refractivity contribution is 5.94. The predicted octanol–water partition coefficient (Wildman–Crippen LogP) is 4.27. The maximum Gasteiger partial charge on any atom is 0.634 e. The summed E-state index contributed by atoms with van der Waals surface area (Å²) in [6.07, 6.45) is 0. The topological polar surface area (TPSA) is 125 Å². The number of hydrogen-bond donors (Lipinski definition) is 0. The molecule has 0 saturated carbocycles. The SMILES string of the molecule is CCOC(=O)c1cc(C)c2oc(=O)[n+](-c3ccccc3)nc2c1.[C-]#[N+]c1cc(C)c2oc(=O)[n+](-c3ccccc3)nc2c1. The van der Waals surface area contributed by atoms with Crippen molar-refractivity contribution in [1.82, 2.24) is 10.2 Å². The monoisotopic (exact) mass is 575 g/mol.